The zero-order valence-electron chi connectivity index (χ0n) is 17.2. The first-order valence-electron chi connectivity index (χ1n) is 9.60. The minimum Gasteiger partial charge on any atom is -0.372 e. The molecule has 0 N–H and O–H groups in total. The summed E-state index contributed by atoms with van der Waals surface area (Å²) < 4.78 is 8.85. The fourth-order valence-electron chi connectivity index (χ4n) is 3.48. The number of aryl methyl sites for hydroxylation is 2. The number of rotatable bonds is 4. The van der Waals surface area contributed by atoms with Crippen molar-refractivity contribution in [3.63, 3.8) is 0 Å². The molecule has 0 unspecified atom stereocenters. The molecule has 4 heterocycles. The van der Waals surface area contributed by atoms with E-state index < -0.39 is 0 Å². The van der Waals surface area contributed by atoms with Gasteiger partial charge < -0.3 is 9.64 Å². The number of morpholine rings is 1. The highest BCUT2D eigenvalue weighted by atomic mass is 16.5. The van der Waals surface area contributed by atoms with Crippen LogP contribution in [0.15, 0.2) is 35.4 Å². The highest BCUT2D eigenvalue weighted by Crippen LogP contribution is 2.22. The van der Waals surface area contributed by atoms with Crippen molar-refractivity contribution < 1.29 is 4.74 Å². The minimum absolute atomic E-state index is 0.166. The van der Waals surface area contributed by atoms with Crippen molar-refractivity contribution in [3.8, 4) is 11.3 Å². The second-order valence-corrected chi connectivity index (χ2v) is 7.94. The molecular formula is C20H25N7O2. The first-order chi connectivity index (χ1) is 13.8. The molecule has 0 radical (unpaired) electrons. The lowest BCUT2D eigenvalue weighted by molar-refractivity contribution is -0.0277. The Morgan fingerprint density at radius 3 is 2.76 bits per heavy atom. The van der Waals surface area contributed by atoms with Gasteiger partial charge in [-0.1, -0.05) is 5.21 Å². The predicted octanol–water partition coefficient (Wildman–Crippen LogP) is 1.41. The molecule has 0 aromatic carbocycles. The Morgan fingerprint density at radius 1 is 1.24 bits per heavy atom. The molecule has 0 amide bonds. The summed E-state index contributed by atoms with van der Waals surface area (Å²) in [6.07, 6.45) is 3.50. The number of nitrogens with zero attached hydrogens (tertiary/aromatic N) is 7. The summed E-state index contributed by atoms with van der Waals surface area (Å²) in [4.78, 5) is 19.2. The molecule has 3 aromatic heterocycles. The Morgan fingerprint density at radius 2 is 2.07 bits per heavy atom. The SMILES string of the molecule is Cc1ccc(-c2nnn(C)c2Cn2ncc(N3CCOC(C)(C)C3)cc2=O)cn1. The van der Waals surface area contributed by atoms with Crippen LogP contribution in [0, 0.1) is 6.92 Å². The molecule has 1 aliphatic heterocycles. The van der Waals surface area contributed by atoms with Crippen molar-refractivity contribution in [1.82, 2.24) is 29.8 Å². The van der Waals surface area contributed by atoms with Gasteiger partial charge in [-0.05, 0) is 32.9 Å². The number of pyridine rings is 1. The van der Waals surface area contributed by atoms with Gasteiger partial charge in [0.1, 0.15) is 5.69 Å². The minimum atomic E-state index is -0.246. The van der Waals surface area contributed by atoms with Crippen LogP contribution in [0.2, 0.25) is 0 Å². The van der Waals surface area contributed by atoms with E-state index in [1.807, 2.05) is 40.0 Å². The molecule has 1 fully saturated rings. The molecule has 3 aromatic rings. The summed E-state index contributed by atoms with van der Waals surface area (Å²) in [6.45, 7) is 8.39. The summed E-state index contributed by atoms with van der Waals surface area (Å²) in [5.41, 5.74) is 3.69. The van der Waals surface area contributed by atoms with Crippen molar-refractivity contribution in [1.29, 1.82) is 0 Å². The van der Waals surface area contributed by atoms with Crippen molar-refractivity contribution >= 4 is 5.69 Å². The Hall–Kier alpha value is -3.07. The van der Waals surface area contributed by atoms with E-state index in [0.29, 0.717) is 18.8 Å². The molecule has 0 bridgehead atoms. The van der Waals surface area contributed by atoms with Gasteiger partial charge in [-0.15, -0.1) is 5.10 Å². The van der Waals surface area contributed by atoms with E-state index in [1.165, 1.54) is 4.68 Å². The molecule has 0 aliphatic carbocycles. The van der Waals surface area contributed by atoms with Gasteiger partial charge in [0.2, 0.25) is 0 Å². The number of aromatic nitrogens is 6. The Labute approximate surface area is 168 Å². The number of ether oxygens (including phenoxy) is 1. The lowest BCUT2D eigenvalue weighted by Crippen LogP contribution is -2.48. The molecule has 9 nitrogen and oxygen atoms in total. The highest BCUT2D eigenvalue weighted by molar-refractivity contribution is 5.60. The fraction of sp³-hybridized carbons (Fsp3) is 0.450. The summed E-state index contributed by atoms with van der Waals surface area (Å²) in [6, 6.07) is 5.51. The van der Waals surface area contributed by atoms with Gasteiger partial charge >= 0.3 is 0 Å². The molecule has 152 valence electrons. The van der Waals surface area contributed by atoms with Gasteiger partial charge in [0, 0.05) is 43.7 Å². The number of hydrogen-bond donors (Lipinski definition) is 0. The van der Waals surface area contributed by atoms with E-state index in [0.717, 1.165) is 29.2 Å². The molecule has 0 saturated carbocycles. The lowest BCUT2D eigenvalue weighted by atomic mass is 10.1. The van der Waals surface area contributed by atoms with Crippen LogP contribution < -0.4 is 10.5 Å². The van der Waals surface area contributed by atoms with Crippen LogP contribution in [0.4, 0.5) is 5.69 Å². The maximum absolute atomic E-state index is 12.8. The van der Waals surface area contributed by atoms with E-state index in [4.69, 9.17) is 4.74 Å². The second-order valence-electron chi connectivity index (χ2n) is 7.94. The van der Waals surface area contributed by atoms with Crippen LogP contribution in [-0.2, 0) is 18.3 Å². The zero-order valence-corrected chi connectivity index (χ0v) is 17.2. The fourth-order valence-corrected chi connectivity index (χ4v) is 3.48. The van der Waals surface area contributed by atoms with Crippen molar-refractivity contribution in [2.45, 2.75) is 32.9 Å². The van der Waals surface area contributed by atoms with Gasteiger partial charge in [-0.2, -0.15) is 5.10 Å². The maximum atomic E-state index is 12.8. The third kappa shape index (κ3) is 4.04. The average molecular weight is 395 g/mol. The predicted molar refractivity (Wildman–Crippen MR) is 109 cm³/mol. The molecule has 0 atom stereocenters. The third-order valence-electron chi connectivity index (χ3n) is 5.07. The Balaban J connectivity index is 1.60. The summed E-state index contributed by atoms with van der Waals surface area (Å²) in [7, 11) is 1.81. The van der Waals surface area contributed by atoms with Crippen LogP contribution in [0.1, 0.15) is 25.2 Å². The van der Waals surface area contributed by atoms with Crippen LogP contribution in [0.3, 0.4) is 0 Å². The third-order valence-corrected chi connectivity index (χ3v) is 5.07. The molecule has 29 heavy (non-hydrogen) atoms. The zero-order chi connectivity index (χ0) is 20.6. The standard InChI is InChI=1S/C20H25N7O2/c1-14-5-6-15(10-21-14)19-17(25(4)24-23-19)12-27-18(28)9-16(11-22-27)26-7-8-29-20(2,3)13-26/h5-6,9-11H,7-8,12-13H2,1-4H3. The molecule has 9 heteroatoms. The Kier molecular flexibility index (Phi) is 4.91. The molecule has 4 rings (SSSR count). The van der Waals surface area contributed by atoms with Crippen molar-refractivity contribution in [2.24, 2.45) is 7.05 Å². The average Bonchev–Trinajstić information content (AvgIpc) is 3.03. The maximum Gasteiger partial charge on any atom is 0.269 e. The van der Waals surface area contributed by atoms with Gasteiger partial charge in [0.05, 0.1) is 36.3 Å². The second kappa shape index (κ2) is 7.40. The van der Waals surface area contributed by atoms with Gasteiger partial charge in [0.15, 0.2) is 0 Å². The monoisotopic (exact) mass is 395 g/mol. The quantitative estimate of drug-likeness (QED) is 0.659. The van der Waals surface area contributed by atoms with Crippen LogP contribution in [-0.4, -0.2) is 55.1 Å². The topological polar surface area (TPSA) is 91.0 Å². The summed E-state index contributed by atoms with van der Waals surface area (Å²) in [5, 5.41) is 12.8. The molecule has 1 aliphatic rings. The number of anilines is 1. The van der Waals surface area contributed by atoms with E-state index in [9.17, 15) is 4.79 Å². The van der Waals surface area contributed by atoms with E-state index in [-0.39, 0.29) is 17.7 Å². The molecular weight excluding hydrogens is 370 g/mol. The largest absolute Gasteiger partial charge is 0.372 e. The van der Waals surface area contributed by atoms with Gasteiger partial charge in [0.25, 0.3) is 5.56 Å². The van der Waals surface area contributed by atoms with Crippen molar-refractivity contribution in [2.75, 3.05) is 24.6 Å². The highest BCUT2D eigenvalue weighted by Gasteiger charge is 2.27. The summed E-state index contributed by atoms with van der Waals surface area (Å²) >= 11 is 0. The van der Waals surface area contributed by atoms with Gasteiger partial charge in [-0.3, -0.25) is 9.78 Å². The van der Waals surface area contributed by atoms with Crippen LogP contribution in [0.25, 0.3) is 11.3 Å². The number of hydrogen-bond acceptors (Lipinski definition) is 7. The smallest absolute Gasteiger partial charge is 0.269 e. The van der Waals surface area contributed by atoms with E-state index >= 15 is 0 Å². The first-order valence-corrected chi connectivity index (χ1v) is 9.60. The van der Waals surface area contributed by atoms with Crippen molar-refractivity contribution in [3.05, 3.63) is 52.3 Å². The Bertz CT molecular complexity index is 1070. The molecule has 1 saturated heterocycles. The summed E-state index contributed by atoms with van der Waals surface area (Å²) in [5.74, 6) is 0. The van der Waals surface area contributed by atoms with E-state index in [1.54, 1.807) is 23.1 Å². The van der Waals surface area contributed by atoms with Crippen LogP contribution in [0.5, 0.6) is 0 Å². The van der Waals surface area contributed by atoms with Crippen LogP contribution >= 0.6 is 0 Å². The molecule has 0 spiro atoms. The lowest BCUT2D eigenvalue weighted by Gasteiger charge is -2.39. The first kappa shape index (κ1) is 19.3. The normalized spacial score (nSPS) is 16.2. The van der Waals surface area contributed by atoms with Gasteiger partial charge in [-0.25, -0.2) is 9.36 Å². The van der Waals surface area contributed by atoms with E-state index in [2.05, 4.69) is 25.3 Å².